The molecule has 0 amide bonds. The average Bonchev–Trinajstić information content (AvgIpc) is 3.09. The van der Waals surface area contributed by atoms with E-state index >= 15 is 0 Å². The second-order valence-electron chi connectivity index (χ2n) is 5.60. The lowest BCUT2D eigenvalue weighted by atomic mass is 9.60. The highest BCUT2D eigenvalue weighted by Gasteiger charge is 2.45. The molecule has 0 aromatic heterocycles. The van der Waals surface area contributed by atoms with Gasteiger partial charge in [-0.25, -0.2) is 0 Å². The zero-order valence-corrected chi connectivity index (χ0v) is 11.5. The molecule has 90 valence electrons. The highest BCUT2D eigenvalue weighted by Crippen LogP contribution is 2.54. The summed E-state index contributed by atoms with van der Waals surface area (Å²) < 4.78 is 0. The van der Waals surface area contributed by atoms with Gasteiger partial charge in [-0.2, -0.15) is 0 Å². The molecule has 0 radical (unpaired) electrons. The summed E-state index contributed by atoms with van der Waals surface area (Å²) in [6.07, 6.45) is 8.54. The molecule has 0 heterocycles. The van der Waals surface area contributed by atoms with E-state index in [1.165, 1.54) is 38.5 Å². The van der Waals surface area contributed by atoms with Gasteiger partial charge >= 0.3 is 0 Å². The molecule has 0 spiro atoms. The molecule has 0 aromatic carbocycles. The number of hydrogen-bond acceptors (Lipinski definition) is 0. The minimum Gasteiger partial charge on any atom is -0.0651 e. The van der Waals surface area contributed by atoms with Gasteiger partial charge in [-0.3, -0.25) is 0 Å². The third kappa shape index (κ3) is 2.40. The van der Waals surface area contributed by atoms with Crippen LogP contribution in [-0.4, -0.2) is 0 Å². The van der Waals surface area contributed by atoms with E-state index < -0.39 is 0 Å². The first-order valence-corrected chi connectivity index (χ1v) is 7.16. The predicted molar refractivity (Wildman–Crippen MR) is 69.0 cm³/mol. The molecule has 0 nitrogen and oxygen atoms in total. The van der Waals surface area contributed by atoms with Crippen LogP contribution in [0.1, 0.15) is 73.1 Å². The monoisotopic (exact) mass is 210 g/mol. The third-order valence-electron chi connectivity index (χ3n) is 5.28. The summed E-state index contributed by atoms with van der Waals surface area (Å²) in [5, 5.41) is 0. The molecule has 0 saturated heterocycles. The van der Waals surface area contributed by atoms with E-state index in [9.17, 15) is 0 Å². The van der Waals surface area contributed by atoms with Gasteiger partial charge in [0.25, 0.3) is 0 Å². The Kier molecular flexibility index (Phi) is 4.67. The first-order valence-electron chi connectivity index (χ1n) is 7.16. The lowest BCUT2D eigenvalue weighted by Gasteiger charge is -2.45. The van der Waals surface area contributed by atoms with Crippen LogP contribution in [0, 0.1) is 23.2 Å². The summed E-state index contributed by atoms with van der Waals surface area (Å²) in [5.41, 5.74) is 0.644. The topological polar surface area (TPSA) is 0 Å². The van der Waals surface area contributed by atoms with Gasteiger partial charge in [0.15, 0.2) is 0 Å². The summed E-state index contributed by atoms with van der Waals surface area (Å²) in [4.78, 5) is 0. The maximum Gasteiger partial charge on any atom is -0.0246 e. The largest absolute Gasteiger partial charge is 0.0651 e. The molecular weight excluding hydrogens is 180 g/mol. The van der Waals surface area contributed by atoms with E-state index in [0.717, 1.165) is 17.8 Å². The van der Waals surface area contributed by atoms with Crippen LogP contribution in [-0.2, 0) is 0 Å². The van der Waals surface area contributed by atoms with Gasteiger partial charge in [0.2, 0.25) is 0 Å². The van der Waals surface area contributed by atoms with Crippen LogP contribution in [0.2, 0.25) is 0 Å². The molecule has 0 N–H and O–H groups in total. The van der Waals surface area contributed by atoms with Crippen molar-refractivity contribution in [3.63, 3.8) is 0 Å². The summed E-state index contributed by atoms with van der Waals surface area (Å²) in [5.74, 6) is 2.98. The normalized spacial score (nSPS) is 21.4. The molecule has 1 fully saturated rings. The van der Waals surface area contributed by atoms with Crippen LogP contribution in [0.4, 0.5) is 0 Å². The fourth-order valence-electron chi connectivity index (χ4n) is 3.95. The Labute approximate surface area is 96.8 Å². The van der Waals surface area contributed by atoms with Gasteiger partial charge in [-0.1, -0.05) is 47.5 Å². The molecular formula is C15H30. The Hall–Kier alpha value is 0. The summed E-state index contributed by atoms with van der Waals surface area (Å²) >= 11 is 0. The minimum atomic E-state index is 0.644. The number of hydrogen-bond donors (Lipinski definition) is 0. The Morgan fingerprint density at radius 2 is 1.53 bits per heavy atom. The van der Waals surface area contributed by atoms with Crippen molar-refractivity contribution in [3.8, 4) is 0 Å². The first kappa shape index (κ1) is 13.1. The second-order valence-corrected chi connectivity index (χ2v) is 5.60. The summed E-state index contributed by atoms with van der Waals surface area (Å²) in [6, 6.07) is 0. The third-order valence-corrected chi connectivity index (χ3v) is 5.28. The Morgan fingerprint density at radius 3 is 1.80 bits per heavy atom. The van der Waals surface area contributed by atoms with E-state index in [-0.39, 0.29) is 0 Å². The Morgan fingerprint density at radius 1 is 1.00 bits per heavy atom. The molecule has 1 aliphatic rings. The highest BCUT2D eigenvalue weighted by molar-refractivity contribution is 4.95. The van der Waals surface area contributed by atoms with E-state index in [2.05, 4.69) is 34.6 Å². The predicted octanol–water partition coefficient (Wildman–Crippen LogP) is 5.28. The van der Waals surface area contributed by atoms with Crippen LogP contribution in [0.5, 0.6) is 0 Å². The van der Waals surface area contributed by atoms with Gasteiger partial charge < -0.3 is 0 Å². The van der Waals surface area contributed by atoms with Crippen LogP contribution < -0.4 is 0 Å². The van der Waals surface area contributed by atoms with Crippen molar-refractivity contribution in [1.29, 1.82) is 0 Å². The van der Waals surface area contributed by atoms with Crippen molar-refractivity contribution in [1.82, 2.24) is 0 Å². The van der Waals surface area contributed by atoms with Crippen LogP contribution in [0.3, 0.4) is 0 Å². The molecule has 1 aliphatic carbocycles. The van der Waals surface area contributed by atoms with Crippen molar-refractivity contribution in [2.24, 2.45) is 23.2 Å². The van der Waals surface area contributed by atoms with Crippen LogP contribution >= 0.6 is 0 Å². The number of rotatable bonds is 7. The SMILES string of the molecule is CCC(C)C(CC)(CC)C(CC)C1CC1. The molecule has 2 atom stereocenters. The van der Waals surface area contributed by atoms with E-state index in [1.54, 1.807) is 0 Å². The van der Waals surface area contributed by atoms with E-state index in [1.807, 2.05) is 0 Å². The molecule has 2 unspecified atom stereocenters. The maximum absolute atomic E-state index is 2.48. The molecule has 0 aliphatic heterocycles. The zero-order chi connectivity index (χ0) is 11.5. The van der Waals surface area contributed by atoms with Gasteiger partial charge in [0.1, 0.15) is 0 Å². The van der Waals surface area contributed by atoms with Crippen molar-refractivity contribution in [3.05, 3.63) is 0 Å². The molecule has 0 aromatic rings. The van der Waals surface area contributed by atoms with Crippen LogP contribution in [0.25, 0.3) is 0 Å². The lowest BCUT2D eigenvalue weighted by molar-refractivity contribution is 0.0469. The average molecular weight is 210 g/mol. The molecule has 15 heavy (non-hydrogen) atoms. The smallest absolute Gasteiger partial charge is 0.0246 e. The van der Waals surface area contributed by atoms with Crippen molar-refractivity contribution in [2.45, 2.75) is 73.1 Å². The fourth-order valence-corrected chi connectivity index (χ4v) is 3.95. The zero-order valence-electron chi connectivity index (χ0n) is 11.5. The maximum atomic E-state index is 2.48. The lowest BCUT2D eigenvalue weighted by Crippen LogP contribution is -2.36. The molecule has 0 heteroatoms. The summed E-state index contributed by atoms with van der Waals surface area (Å²) in [7, 11) is 0. The highest BCUT2D eigenvalue weighted by atomic mass is 14.5. The molecule has 1 saturated carbocycles. The summed E-state index contributed by atoms with van der Waals surface area (Å²) in [6.45, 7) is 12.1. The van der Waals surface area contributed by atoms with E-state index in [0.29, 0.717) is 5.41 Å². The minimum absolute atomic E-state index is 0.644. The standard InChI is InChI=1S/C15H30/c1-6-12(5)15(8-3,9-4)14(7-2)13-10-11-13/h12-14H,6-11H2,1-5H3. The van der Waals surface area contributed by atoms with Crippen LogP contribution in [0.15, 0.2) is 0 Å². The Balaban J connectivity index is 2.85. The van der Waals surface area contributed by atoms with Crippen molar-refractivity contribution >= 4 is 0 Å². The fraction of sp³-hybridized carbons (Fsp3) is 1.00. The quantitative estimate of drug-likeness (QED) is 0.536. The van der Waals surface area contributed by atoms with Gasteiger partial charge in [0.05, 0.1) is 0 Å². The van der Waals surface area contributed by atoms with Gasteiger partial charge in [-0.05, 0) is 48.9 Å². The first-order chi connectivity index (χ1) is 7.16. The second kappa shape index (κ2) is 5.37. The van der Waals surface area contributed by atoms with E-state index in [4.69, 9.17) is 0 Å². The molecule has 0 bridgehead atoms. The Bertz CT molecular complexity index is 174. The van der Waals surface area contributed by atoms with Crippen molar-refractivity contribution < 1.29 is 0 Å². The van der Waals surface area contributed by atoms with Gasteiger partial charge in [-0.15, -0.1) is 0 Å². The van der Waals surface area contributed by atoms with Crippen molar-refractivity contribution in [2.75, 3.05) is 0 Å². The molecule has 1 rings (SSSR count). The van der Waals surface area contributed by atoms with Gasteiger partial charge in [0, 0.05) is 0 Å².